The summed E-state index contributed by atoms with van der Waals surface area (Å²) in [6.07, 6.45) is 0. The van der Waals surface area contributed by atoms with Crippen LogP contribution in [0.2, 0.25) is 0 Å². The van der Waals surface area contributed by atoms with Gasteiger partial charge < -0.3 is 4.42 Å². The van der Waals surface area contributed by atoms with Crippen LogP contribution in [0.15, 0.2) is 156 Å². The van der Waals surface area contributed by atoms with Gasteiger partial charge in [0.25, 0.3) is 0 Å². The Bertz CT molecular complexity index is 3110. The molecule has 11 rings (SSSR count). The monoisotopic (exact) mass is 643 g/mol. The highest BCUT2D eigenvalue weighted by atomic mass is 32.1. The second-order valence-corrected chi connectivity index (χ2v) is 13.6. The lowest BCUT2D eigenvalue weighted by Gasteiger charge is -2.13. The molecule has 4 heterocycles. The lowest BCUT2D eigenvalue weighted by Crippen LogP contribution is -2.03. The number of benzene rings is 7. The summed E-state index contributed by atoms with van der Waals surface area (Å²) in [6, 6.07) is 53.6. The maximum Gasteiger partial charge on any atom is 0.235 e. The summed E-state index contributed by atoms with van der Waals surface area (Å²) in [6.45, 7) is 0. The molecule has 0 aliphatic carbocycles. The molecule has 5 heteroatoms. The summed E-state index contributed by atoms with van der Waals surface area (Å²) in [4.78, 5) is 10.9. The van der Waals surface area contributed by atoms with Gasteiger partial charge in [-0.1, -0.05) is 115 Å². The molecular formula is C44H25N3OS. The van der Waals surface area contributed by atoms with Crippen LogP contribution in [0.3, 0.4) is 0 Å². The molecule has 0 spiro atoms. The van der Waals surface area contributed by atoms with E-state index in [-0.39, 0.29) is 0 Å². The predicted octanol–water partition coefficient (Wildman–Crippen LogP) is 12.3. The summed E-state index contributed by atoms with van der Waals surface area (Å²) >= 11 is 1.76. The second kappa shape index (κ2) is 10.1. The van der Waals surface area contributed by atoms with Crippen molar-refractivity contribution < 1.29 is 4.42 Å². The van der Waals surface area contributed by atoms with E-state index >= 15 is 0 Å². The molecule has 7 aromatic carbocycles. The van der Waals surface area contributed by atoms with E-state index < -0.39 is 0 Å². The quantitative estimate of drug-likeness (QED) is 0.192. The maximum atomic E-state index is 6.37. The van der Waals surface area contributed by atoms with Gasteiger partial charge in [-0.25, -0.2) is 9.97 Å². The molecule has 0 atom stereocenters. The van der Waals surface area contributed by atoms with E-state index in [4.69, 9.17) is 14.4 Å². The van der Waals surface area contributed by atoms with Gasteiger partial charge in [0.1, 0.15) is 11.2 Å². The number of furan rings is 1. The van der Waals surface area contributed by atoms with E-state index in [1.165, 1.54) is 20.9 Å². The van der Waals surface area contributed by atoms with Crippen LogP contribution in [0.5, 0.6) is 0 Å². The van der Waals surface area contributed by atoms with Gasteiger partial charge >= 0.3 is 0 Å². The predicted molar refractivity (Wildman–Crippen MR) is 205 cm³/mol. The molecular weight excluding hydrogens is 619 g/mol. The van der Waals surface area contributed by atoms with E-state index in [1.54, 1.807) is 11.3 Å². The van der Waals surface area contributed by atoms with Crippen molar-refractivity contribution in [2.45, 2.75) is 0 Å². The molecule has 0 aliphatic heterocycles. The minimum Gasteiger partial charge on any atom is -0.456 e. The lowest BCUT2D eigenvalue weighted by molar-refractivity contribution is 0.669. The minimum atomic E-state index is 0.655. The first-order chi connectivity index (χ1) is 24.3. The normalized spacial score (nSPS) is 12.1. The van der Waals surface area contributed by atoms with Crippen molar-refractivity contribution in [3.63, 3.8) is 0 Å². The Morgan fingerprint density at radius 1 is 0.510 bits per heavy atom. The zero-order valence-corrected chi connectivity index (χ0v) is 26.9. The van der Waals surface area contributed by atoms with Crippen molar-refractivity contribution in [2.24, 2.45) is 0 Å². The average Bonchev–Trinajstić information content (AvgIpc) is 3.83. The Morgan fingerprint density at radius 3 is 2.14 bits per heavy atom. The van der Waals surface area contributed by atoms with Crippen molar-refractivity contribution >= 4 is 86.2 Å². The first-order valence-corrected chi connectivity index (χ1v) is 17.2. The Morgan fingerprint density at radius 2 is 1.24 bits per heavy atom. The van der Waals surface area contributed by atoms with Gasteiger partial charge in [-0.2, -0.15) is 0 Å². The van der Waals surface area contributed by atoms with E-state index in [9.17, 15) is 0 Å². The fourth-order valence-electron chi connectivity index (χ4n) is 7.56. The molecule has 49 heavy (non-hydrogen) atoms. The van der Waals surface area contributed by atoms with Gasteiger partial charge in [-0.05, 0) is 52.7 Å². The third-order valence-electron chi connectivity index (χ3n) is 9.80. The van der Waals surface area contributed by atoms with E-state index in [0.717, 1.165) is 76.3 Å². The van der Waals surface area contributed by atoms with Crippen LogP contribution < -0.4 is 0 Å². The molecule has 228 valence electrons. The summed E-state index contributed by atoms with van der Waals surface area (Å²) < 4.78 is 11.0. The zero-order valence-electron chi connectivity index (χ0n) is 26.1. The third-order valence-corrected chi connectivity index (χ3v) is 11.0. The molecule has 0 saturated carbocycles. The van der Waals surface area contributed by atoms with Crippen LogP contribution >= 0.6 is 11.3 Å². The molecule has 0 unspecified atom stereocenters. The summed E-state index contributed by atoms with van der Waals surface area (Å²) in [5.41, 5.74) is 9.08. The molecule has 11 aromatic rings. The molecule has 0 N–H and O–H groups in total. The first-order valence-electron chi connectivity index (χ1n) is 16.4. The molecule has 4 nitrogen and oxygen atoms in total. The van der Waals surface area contributed by atoms with Crippen LogP contribution in [-0.4, -0.2) is 14.5 Å². The smallest absolute Gasteiger partial charge is 0.235 e. The highest BCUT2D eigenvalue weighted by Gasteiger charge is 2.22. The third kappa shape index (κ3) is 3.91. The van der Waals surface area contributed by atoms with Gasteiger partial charge in [0.05, 0.1) is 26.9 Å². The SMILES string of the molecule is c1ccc(-c2nc(-n3c4cc5ccccc5cc4c4cccc(-c5ccc6c(c5)oc5ccccc56)c43)nc3c2sc2ccccc23)cc1. The summed E-state index contributed by atoms with van der Waals surface area (Å²) in [5.74, 6) is 0.655. The van der Waals surface area contributed by atoms with E-state index in [0.29, 0.717) is 5.95 Å². The fourth-order valence-corrected chi connectivity index (χ4v) is 8.71. The number of hydrogen-bond donors (Lipinski definition) is 0. The van der Waals surface area contributed by atoms with Crippen molar-refractivity contribution in [2.75, 3.05) is 0 Å². The van der Waals surface area contributed by atoms with Crippen LogP contribution in [0.1, 0.15) is 0 Å². The van der Waals surface area contributed by atoms with Gasteiger partial charge in [-0.15, -0.1) is 11.3 Å². The standard InChI is InChI=1S/C44H25N3OS/c1-2-11-26(12-3-1)40-43-41(34-16-7-9-20-39(34)49-43)46-44(45-40)47-36-24-28-14-5-4-13-27(28)23-35(36)33-18-10-17-30(42(33)47)29-21-22-32-31-15-6-8-19-37(31)48-38(32)25-29/h1-25H. The lowest BCUT2D eigenvalue weighted by atomic mass is 10.00. The zero-order chi connectivity index (χ0) is 32.1. The van der Waals surface area contributed by atoms with Crippen molar-refractivity contribution in [3.05, 3.63) is 152 Å². The van der Waals surface area contributed by atoms with Gasteiger partial charge in [0.2, 0.25) is 5.95 Å². The number of para-hydroxylation sites is 2. The second-order valence-electron chi connectivity index (χ2n) is 12.6. The number of thiophene rings is 1. The molecule has 0 radical (unpaired) electrons. The van der Waals surface area contributed by atoms with Crippen LogP contribution in [-0.2, 0) is 0 Å². The summed E-state index contributed by atoms with van der Waals surface area (Å²) in [5, 5.41) is 8.09. The number of rotatable bonds is 3. The first kappa shape index (κ1) is 26.7. The van der Waals surface area contributed by atoms with Gasteiger partial charge in [0.15, 0.2) is 0 Å². The maximum absolute atomic E-state index is 6.37. The van der Waals surface area contributed by atoms with Crippen molar-refractivity contribution in [3.8, 4) is 28.3 Å². The number of nitrogens with zero attached hydrogens (tertiary/aromatic N) is 3. The molecule has 0 aliphatic rings. The van der Waals surface area contributed by atoms with Gasteiger partial charge in [-0.3, -0.25) is 4.57 Å². The fraction of sp³-hybridized carbons (Fsp3) is 0. The molecule has 4 aromatic heterocycles. The summed E-state index contributed by atoms with van der Waals surface area (Å²) in [7, 11) is 0. The molecule has 0 amide bonds. The molecule has 0 saturated heterocycles. The van der Waals surface area contributed by atoms with E-state index in [2.05, 4.69) is 144 Å². The van der Waals surface area contributed by atoms with Crippen LogP contribution in [0.25, 0.3) is 103 Å². The van der Waals surface area contributed by atoms with Crippen molar-refractivity contribution in [1.29, 1.82) is 0 Å². The number of fused-ring (bicyclic) bond motifs is 10. The largest absolute Gasteiger partial charge is 0.456 e. The van der Waals surface area contributed by atoms with E-state index in [1.807, 2.05) is 12.1 Å². The Balaban J connectivity index is 1.29. The number of aromatic nitrogens is 3. The highest BCUT2D eigenvalue weighted by molar-refractivity contribution is 7.26. The van der Waals surface area contributed by atoms with Crippen molar-refractivity contribution in [1.82, 2.24) is 14.5 Å². The molecule has 0 fully saturated rings. The molecule has 0 bridgehead atoms. The number of hydrogen-bond acceptors (Lipinski definition) is 4. The minimum absolute atomic E-state index is 0.655. The Kier molecular flexibility index (Phi) is 5.51. The van der Waals surface area contributed by atoms with Crippen LogP contribution in [0, 0.1) is 0 Å². The Labute approximate surface area is 284 Å². The topological polar surface area (TPSA) is 43.9 Å². The highest BCUT2D eigenvalue weighted by Crippen LogP contribution is 2.43. The van der Waals surface area contributed by atoms with Crippen LogP contribution in [0.4, 0.5) is 0 Å². The van der Waals surface area contributed by atoms with Gasteiger partial charge in [0, 0.05) is 42.8 Å². The average molecular weight is 644 g/mol. The Hall–Kier alpha value is -6.30.